The van der Waals surface area contributed by atoms with Crippen LogP contribution in [-0.2, 0) is 15.8 Å². The van der Waals surface area contributed by atoms with Crippen LogP contribution in [0.2, 0.25) is 0 Å². The normalized spacial score (nSPS) is 19.6. The molecule has 1 aliphatic heterocycles. The lowest BCUT2D eigenvalue weighted by molar-refractivity contribution is 0.471. The van der Waals surface area contributed by atoms with Crippen LogP contribution in [0.4, 0.5) is 0 Å². The minimum absolute atomic E-state index is 0. The molecule has 0 spiro atoms. The van der Waals surface area contributed by atoms with E-state index in [0.29, 0.717) is 13.1 Å². The molecular formula is C14H18ClN3O2S. The Labute approximate surface area is 130 Å². The van der Waals surface area contributed by atoms with Crippen LogP contribution in [0.15, 0.2) is 36.5 Å². The molecule has 21 heavy (non-hydrogen) atoms. The van der Waals surface area contributed by atoms with Crippen molar-refractivity contribution in [1.82, 2.24) is 9.29 Å². The van der Waals surface area contributed by atoms with Crippen molar-refractivity contribution in [3.8, 4) is 0 Å². The van der Waals surface area contributed by atoms with E-state index in [9.17, 15) is 8.42 Å². The Bertz CT molecular complexity index is 731. The second-order valence-electron chi connectivity index (χ2n) is 5.16. The molecule has 0 saturated carbocycles. The maximum atomic E-state index is 12.4. The van der Waals surface area contributed by atoms with Crippen molar-refractivity contribution < 1.29 is 8.42 Å². The predicted molar refractivity (Wildman–Crippen MR) is 85.8 cm³/mol. The number of para-hydroxylation sites is 1. The summed E-state index contributed by atoms with van der Waals surface area (Å²) in [5.74, 6) is -0.0198. The van der Waals surface area contributed by atoms with E-state index in [0.717, 1.165) is 22.9 Å². The summed E-state index contributed by atoms with van der Waals surface area (Å²) in [4.78, 5) is 4.30. The molecule has 1 fully saturated rings. The van der Waals surface area contributed by atoms with Crippen LogP contribution in [-0.4, -0.2) is 36.8 Å². The van der Waals surface area contributed by atoms with Crippen LogP contribution in [0.3, 0.4) is 0 Å². The Morgan fingerprint density at radius 2 is 2.05 bits per heavy atom. The fourth-order valence-electron chi connectivity index (χ4n) is 2.58. The number of halogens is 1. The molecule has 1 unspecified atom stereocenters. The minimum atomic E-state index is -3.32. The van der Waals surface area contributed by atoms with E-state index >= 15 is 0 Å². The van der Waals surface area contributed by atoms with Gasteiger partial charge in [-0.3, -0.25) is 4.98 Å². The van der Waals surface area contributed by atoms with Gasteiger partial charge in [0.15, 0.2) is 0 Å². The molecule has 1 saturated heterocycles. The zero-order valence-electron chi connectivity index (χ0n) is 11.5. The lowest BCUT2D eigenvalue weighted by Gasteiger charge is -2.16. The standard InChI is InChI=1S/C14H17N3O2S.ClH/c15-13-6-8-17(9-13)20(18,19)10-12-4-1-3-11-5-2-7-16-14(11)12;/h1-5,7,13H,6,8-10,15H2;1H. The van der Waals surface area contributed by atoms with E-state index < -0.39 is 10.0 Å². The smallest absolute Gasteiger partial charge is 0.218 e. The first-order valence-corrected chi connectivity index (χ1v) is 8.23. The molecule has 1 aromatic carbocycles. The van der Waals surface area contributed by atoms with Crippen LogP contribution in [0, 0.1) is 0 Å². The number of benzene rings is 1. The van der Waals surface area contributed by atoms with E-state index in [1.54, 1.807) is 6.20 Å². The van der Waals surface area contributed by atoms with Crippen LogP contribution in [0.1, 0.15) is 12.0 Å². The molecule has 2 aromatic rings. The van der Waals surface area contributed by atoms with Gasteiger partial charge < -0.3 is 5.73 Å². The second-order valence-corrected chi connectivity index (χ2v) is 7.12. The van der Waals surface area contributed by atoms with Crippen molar-refractivity contribution in [3.63, 3.8) is 0 Å². The lowest BCUT2D eigenvalue weighted by atomic mass is 10.1. The molecule has 2 N–H and O–H groups in total. The molecule has 0 radical (unpaired) electrons. The molecule has 1 atom stereocenters. The zero-order chi connectivity index (χ0) is 14.2. The first-order chi connectivity index (χ1) is 9.56. The number of rotatable bonds is 3. The first-order valence-electron chi connectivity index (χ1n) is 6.62. The summed E-state index contributed by atoms with van der Waals surface area (Å²) in [6.45, 7) is 0.933. The number of fused-ring (bicyclic) bond motifs is 1. The van der Waals surface area contributed by atoms with Gasteiger partial charge in [-0.05, 0) is 18.1 Å². The first kappa shape index (κ1) is 16.2. The highest BCUT2D eigenvalue weighted by atomic mass is 35.5. The van der Waals surface area contributed by atoms with Crippen molar-refractivity contribution >= 4 is 33.3 Å². The Kier molecular flexibility index (Phi) is 4.83. The van der Waals surface area contributed by atoms with Gasteiger partial charge in [-0.2, -0.15) is 0 Å². The highest BCUT2D eigenvalue weighted by Crippen LogP contribution is 2.21. The average molecular weight is 328 g/mol. The quantitative estimate of drug-likeness (QED) is 0.927. The molecule has 114 valence electrons. The number of aromatic nitrogens is 1. The van der Waals surface area contributed by atoms with Crippen LogP contribution < -0.4 is 5.73 Å². The van der Waals surface area contributed by atoms with Crippen molar-refractivity contribution in [2.45, 2.75) is 18.2 Å². The third-order valence-electron chi connectivity index (χ3n) is 3.64. The third kappa shape index (κ3) is 3.35. The van der Waals surface area contributed by atoms with E-state index in [2.05, 4.69) is 4.98 Å². The van der Waals surface area contributed by atoms with Gasteiger partial charge >= 0.3 is 0 Å². The number of sulfonamides is 1. The molecular weight excluding hydrogens is 310 g/mol. The number of nitrogens with two attached hydrogens (primary N) is 1. The topological polar surface area (TPSA) is 76.3 Å². The molecule has 1 aromatic heterocycles. The van der Waals surface area contributed by atoms with E-state index in [4.69, 9.17) is 5.73 Å². The Hall–Kier alpha value is -1.21. The summed E-state index contributed by atoms with van der Waals surface area (Å²) < 4.78 is 26.4. The number of nitrogens with zero attached hydrogens (tertiary/aromatic N) is 2. The van der Waals surface area contributed by atoms with Crippen molar-refractivity contribution in [2.75, 3.05) is 13.1 Å². The maximum absolute atomic E-state index is 12.4. The molecule has 1 aliphatic rings. The van der Waals surface area contributed by atoms with Gasteiger partial charge in [0, 0.05) is 30.7 Å². The predicted octanol–water partition coefficient (Wildman–Crippen LogP) is 1.52. The summed E-state index contributed by atoms with van der Waals surface area (Å²) in [5.41, 5.74) is 7.28. The molecule has 0 amide bonds. The van der Waals surface area contributed by atoms with Gasteiger partial charge in [-0.1, -0.05) is 24.3 Å². The maximum Gasteiger partial charge on any atom is 0.218 e. The fraction of sp³-hybridized carbons (Fsp3) is 0.357. The van der Waals surface area contributed by atoms with Gasteiger partial charge in [-0.15, -0.1) is 12.4 Å². The van der Waals surface area contributed by atoms with Gasteiger partial charge in [0.1, 0.15) is 0 Å². The van der Waals surface area contributed by atoms with Crippen LogP contribution >= 0.6 is 12.4 Å². The summed E-state index contributed by atoms with van der Waals surface area (Å²) in [6, 6.07) is 9.36. The van der Waals surface area contributed by atoms with Crippen molar-refractivity contribution in [2.24, 2.45) is 5.73 Å². The Morgan fingerprint density at radius 3 is 2.76 bits per heavy atom. The zero-order valence-corrected chi connectivity index (χ0v) is 13.1. The molecule has 5 nitrogen and oxygen atoms in total. The Morgan fingerprint density at radius 1 is 1.29 bits per heavy atom. The second kappa shape index (κ2) is 6.27. The van der Waals surface area contributed by atoms with E-state index in [1.165, 1.54) is 4.31 Å². The van der Waals surface area contributed by atoms with Crippen molar-refractivity contribution in [1.29, 1.82) is 0 Å². The van der Waals surface area contributed by atoms with Crippen molar-refractivity contribution in [3.05, 3.63) is 42.1 Å². The summed E-state index contributed by atoms with van der Waals surface area (Å²) in [6.07, 6.45) is 2.41. The summed E-state index contributed by atoms with van der Waals surface area (Å²) in [5, 5.41) is 0.957. The fourth-order valence-corrected chi connectivity index (χ4v) is 4.19. The van der Waals surface area contributed by atoms with Gasteiger partial charge in [0.25, 0.3) is 0 Å². The monoisotopic (exact) mass is 327 g/mol. The SMILES string of the molecule is Cl.NC1CCN(S(=O)(=O)Cc2cccc3cccnc23)C1. The number of hydrogen-bond donors (Lipinski definition) is 1. The molecule has 0 bridgehead atoms. The van der Waals surface area contributed by atoms with Gasteiger partial charge in [0.05, 0.1) is 11.3 Å². The minimum Gasteiger partial charge on any atom is -0.326 e. The van der Waals surface area contributed by atoms with E-state index in [-0.39, 0.29) is 24.2 Å². The lowest BCUT2D eigenvalue weighted by Crippen LogP contribution is -2.32. The number of pyridine rings is 1. The highest BCUT2D eigenvalue weighted by molar-refractivity contribution is 7.88. The third-order valence-corrected chi connectivity index (χ3v) is 5.43. The molecule has 3 rings (SSSR count). The molecule has 0 aliphatic carbocycles. The van der Waals surface area contributed by atoms with Gasteiger partial charge in [-0.25, -0.2) is 12.7 Å². The van der Waals surface area contributed by atoms with E-state index in [1.807, 2.05) is 30.3 Å². The average Bonchev–Trinajstić information content (AvgIpc) is 2.86. The van der Waals surface area contributed by atoms with Gasteiger partial charge in [0.2, 0.25) is 10.0 Å². The highest BCUT2D eigenvalue weighted by Gasteiger charge is 2.29. The largest absolute Gasteiger partial charge is 0.326 e. The summed E-state index contributed by atoms with van der Waals surface area (Å²) in [7, 11) is -3.32. The summed E-state index contributed by atoms with van der Waals surface area (Å²) >= 11 is 0. The number of hydrogen-bond acceptors (Lipinski definition) is 4. The Balaban J connectivity index is 0.00000161. The molecule has 2 heterocycles. The molecule has 7 heteroatoms. The van der Waals surface area contributed by atoms with Crippen LogP contribution in [0.5, 0.6) is 0 Å². The van der Waals surface area contributed by atoms with Crippen LogP contribution in [0.25, 0.3) is 10.9 Å².